The van der Waals surface area contributed by atoms with Gasteiger partial charge in [0, 0.05) is 23.1 Å². The summed E-state index contributed by atoms with van der Waals surface area (Å²) in [4.78, 5) is 16.5. The first-order valence-corrected chi connectivity index (χ1v) is 11.2. The highest BCUT2D eigenvalue weighted by atomic mass is 127. The van der Waals surface area contributed by atoms with Crippen molar-refractivity contribution >= 4 is 61.7 Å². The third-order valence-electron chi connectivity index (χ3n) is 4.32. The fourth-order valence-corrected chi connectivity index (χ4v) is 3.98. The van der Waals surface area contributed by atoms with Crippen molar-refractivity contribution in [3.63, 3.8) is 0 Å². The van der Waals surface area contributed by atoms with Crippen molar-refractivity contribution < 1.29 is 5.11 Å². The summed E-state index contributed by atoms with van der Waals surface area (Å²) in [5.41, 5.74) is -0.380. The number of halogens is 4. The van der Waals surface area contributed by atoms with Gasteiger partial charge in [0.15, 0.2) is 11.4 Å². The molecule has 11 heteroatoms. The van der Waals surface area contributed by atoms with E-state index in [4.69, 9.17) is 23.2 Å². The predicted molar refractivity (Wildman–Crippen MR) is 124 cm³/mol. The Hall–Kier alpha value is -1.66. The quantitative estimate of drug-likeness (QED) is 0.263. The average Bonchev–Trinajstić information content (AvgIpc) is 3.19. The third kappa shape index (κ3) is 4.22. The molecule has 0 saturated carbocycles. The van der Waals surface area contributed by atoms with Gasteiger partial charge in [-0.15, -0.1) is 0 Å². The zero-order valence-corrected chi connectivity index (χ0v) is 20.3. The Morgan fingerprint density at radius 1 is 1.13 bits per heavy atom. The van der Waals surface area contributed by atoms with Gasteiger partial charge >= 0.3 is 0 Å². The van der Waals surface area contributed by atoms with Gasteiger partial charge in [-0.05, 0) is 46.4 Å². The smallest absolute Gasteiger partial charge is 0.198 e. The minimum absolute atomic E-state index is 0.0253. The second-order valence-corrected chi connectivity index (χ2v) is 9.09. The number of aliphatic hydroxyl groups is 1. The van der Waals surface area contributed by atoms with Crippen LogP contribution in [0.2, 0.25) is 10.3 Å². The number of nitrogens with zero attached hydrogens (tertiary/aromatic N) is 6. The van der Waals surface area contributed by atoms with Crippen LogP contribution in [-0.4, -0.2) is 34.8 Å². The van der Waals surface area contributed by atoms with E-state index in [9.17, 15) is 5.11 Å². The Morgan fingerprint density at radius 3 is 2.70 bits per heavy atom. The molecule has 0 aliphatic carbocycles. The van der Waals surface area contributed by atoms with E-state index in [0.717, 1.165) is 10.0 Å². The van der Waals surface area contributed by atoms with Gasteiger partial charge in [0.1, 0.15) is 22.3 Å². The second kappa shape index (κ2) is 8.83. The zero-order chi connectivity index (χ0) is 21.3. The first kappa shape index (κ1) is 21.6. The van der Waals surface area contributed by atoms with Gasteiger partial charge in [-0.25, -0.2) is 19.9 Å². The maximum absolute atomic E-state index is 11.8. The Labute approximate surface area is 203 Å². The van der Waals surface area contributed by atoms with E-state index in [0.29, 0.717) is 10.1 Å². The van der Waals surface area contributed by atoms with Crippen molar-refractivity contribution in [1.82, 2.24) is 29.7 Å². The first-order chi connectivity index (χ1) is 14.4. The molecule has 0 aliphatic rings. The van der Waals surface area contributed by atoms with Gasteiger partial charge in [0.05, 0.1) is 15.7 Å². The van der Waals surface area contributed by atoms with Crippen LogP contribution in [0.1, 0.15) is 22.6 Å². The van der Waals surface area contributed by atoms with Crippen molar-refractivity contribution in [3.05, 3.63) is 96.2 Å². The molecule has 7 nitrogen and oxygen atoms in total. The van der Waals surface area contributed by atoms with E-state index in [-0.39, 0.29) is 27.4 Å². The van der Waals surface area contributed by atoms with E-state index >= 15 is 0 Å². The normalized spacial score (nSPS) is 13.2. The van der Waals surface area contributed by atoms with Crippen LogP contribution in [-0.2, 0) is 12.1 Å². The highest BCUT2D eigenvalue weighted by Gasteiger charge is 2.42. The van der Waals surface area contributed by atoms with Crippen molar-refractivity contribution in [2.75, 3.05) is 0 Å². The molecule has 0 saturated heterocycles. The Morgan fingerprint density at radius 2 is 1.97 bits per heavy atom. The highest BCUT2D eigenvalue weighted by molar-refractivity contribution is 14.1. The summed E-state index contributed by atoms with van der Waals surface area (Å²) < 4.78 is 3.32. The molecule has 1 unspecified atom stereocenters. The van der Waals surface area contributed by atoms with Crippen LogP contribution in [0.3, 0.4) is 0 Å². The van der Waals surface area contributed by atoms with Gasteiger partial charge < -0.3 is 5.11 Å². The largest absolute Gasteiger partial charge is 0.372 e. The summed E-state index contributed by atoms with van der Waals surface area (Å²) in [7, 11) is 0. The topological polar surface area (TPSA) is 89.6 Å². The molecule has 0 amide bonds. The molecule has 1 N–H and O–H groups in total. The average molecular weight is 618 g/mol. The Kier molecular flexibility index (Phi) is 6.35. The maximum Gasteiger partial charge on any atom is 0.198 e. The van der Waals surface area contributed by atoms with Crippen LogP contribution in [0.5, 0.6) is 0 Å². The molecule has 0 fully saturated rings. The van der Waals surface area contributed by atoms with Gasteiger partial charge in [-0.3, -0.25) is 4.68 Å². The van der Waals surface area contributed by atoms with E-state index in [2.05, 4.69) is 41.0 Å². The summed E-state index contributed by atoms with van der Waals surface area (Å²) >= 11 is 18.0. The van der Waals surface area contributed by atoms with E-state index in [1.807, 2.05) is 46.9 Å². The monoisotopic (exact) mass is 616 g/mol. The summed E-state index contributed by atoms with van der Waals surface area (Å²) in [6.45, 7) is 0.503. The molecule has 4 rings (SSSR count). The molecule has 152 valence electrons. The molecule has 0 bridgehead atoms. The lowest BCUT2D eigenvalue weighted by molar-refractivity contribution is 0.109. The van der Waals surface area contributed by atoms with E-state index in [1.54, 1.807) is 16.9 Å². The van der Waals surface area contributed by atoms with Gasteiger partial charge in [0.2, 0.25) is 0 Å². The van der Waals surface area contributed by atoms with Gasteiger partial charge in [0.25, 0.3) is 0 Å². The van der Waals surface area contributed by atoms with Gasteiger partial charge in [-0.2, -0.15) is 5.10 Å². The lowest BCUT2D eigenvalue weighted by Gasteiger charge is -2.25. The van der Waals surface area contributed by atoms with Gasteiger partial charge in [-0.1, -0.05) is 51.3 Å². The summed E-state index contributed by atoms with van der Waals surface area (Å²) in [5, 5.41) is 16.6. The molecular formula is C19H12BrCl2IN6O. The number of benzene rings is 1. The molecule has 0 radical (unpaired) electrons. The van der Waals surface area contributed by atoms with Crippen molar-refractivity contribution in [1.29, 1.82) is 0 Å². The van der Waals surface area contributed by atoms with Crippen molar-refractivity contribution in [2.45, 2.75) is 12.1 Å². The number of rotatable bonds is 5. The fraction of sp³-hybridized carbons (Fsp3) is 0.105. The van der Waals surface area contributed by atoms with Crippen molar-refractivity contribution in [3.8, 4) is 0 Å². The SMILES string of the molecule is OC(c1ccn(Cc2cccc(Br)c2)n1)(c1ncc(I)c(Cl)n1)c1cncnc1Cl. The van der Waals surface area contributed by atoms with Crippen LogP contribution in [0.15, 0.2) is 59.7 Å². The van der Waals surface area contributed by atoms with Crippen LogP contribution < -0.4 is 0 Å². The lowest BCUT2D eigenvalue weighted by atomic mass is 9.91. The number of aromatic nitrogens is 6. The van der Waals surface area contributed by atoms with E-state index < -0.39 is 5.60 Å². The molecule has 30 heavy (non-hydrogen) atoms. The van der Waals surface area contributed by atoms with Crippen molar-refractivity contribution in [2.24, 2.45) is 0 Å². The molecule has 0 aliphatic heterocycles. The Bertz CT molecular complexity index is 1220. The predicted octanol–water partition coefficient (Wildman–Crippen LogP) is 4.47. The maximum atomic E-state index is 11.8. The van der Waals surface area contributed by atoms with Crippen LogP contribution in [0, 0.1) is 3.57 Å². The van der Waals surface area contributed by atoms with E-state index in [1.165, 1.54) is 18.7 Å². The van der Waals surface area contributed by atoms with Crippen LogP contribution in [0.25, 0.3) is 0 Å². The lowest BCUT2D eigenvalue weighted by Crippen LogP contribution is -2.33. The number of hydrogen-bond acceptors (Lipinski definition) is 6. The minimum Gasteiger partial charge on any atom is -0.372 e. The van der Waals surface area contributed by atoms with Crippen LogP contribution >= 0.6 is 61.7 Å². The highest BCUT2D eigenvalue weighted by Crippen LogP contribution is 2.37. The third-order valence-corrected chi connectivity index (χ3v) is 6.51. The molecular weight excluding hydrogens is 606 g/mol. The van der Waals surface area contributed by atoms with Crippen LogP contribution in [0.4, 0.5) is 0 Å². The Balaban J connectivity index is 1.82. The summed E-state index contributed by atoms with van der Waals surface area (Å²) in [5.74, 6) is 0.0253. The summed E-state index contributed by atoms with van der Waals surface area (Å²) in [6, 6.07) is 9.56. The molecule has 4 aromatic rings. The summed E-state index contributed by atoms with van der Waals surface area (Å²) in [6.07, 6.45) is 5.98. The standard InChI is InChI=1S/C19H12BrCl2IN6O/c20-12-3-1-2-11(6-12)9-29-5-4-15(28-29)19(30,13-7-24-10-26-16(13)21)18-25-8-14(23)17(22)27-18/h1-8,10,30H,9H2. The minimum atomic E-state index is -1.89. The molecule has 3 aromatic heterocycles. The molecule has 1 atom stereocenters. The second-order valence-electron chi connectivity index (χ2n) is 6.30. The molecule has 1 aromatic carbocycles. The fourth-order valence-electron chi connectivity index (χ4n) is 2.92. The zero-order valence-electron chi connectivity index (χ0n) is 15.0. The molecule has 0 spiro atoms. The number of hydrogen-bond donors (Lipinski definition) is 1. The molecule has 3 heterocycles. The first-order valence-electron chi connectivity index (χ1n) is 8.53.